The van der Waals surface area contributed by atoms with Gasteiger partial charge in [0, 0.05) is 17.6 Å². The molecule has 8 nitrogen and oxygen atoms in total. The molecule has 4 N–H and O–H groups in total. The number of aromatic nitrogens is 2. The number of carbonyl (C=O) groups is 1. The summed E-state index contributed by atoms with van der Waals surface area (Å²) in [4.78, 5) is 30.2. The summed E-state index contributed by atoms with van der Waals surface area (Å²) in [7, 11) is 0. The van der Waals surface area contributed by atoms with E-state index in [9.17, 15) is 19.9 Å². The van der Waals surface area contributed by atoms with Crippen molar-refractivity contribution in [2.24, 2.45) is 5.16 Å². The zero-order chi connectivity index (χ0) is 19.6. The Bertz CT molecular complexity index is 1090. The first-order chi connectivity index (χ1) is 12.9. The molecule has 138 valence electrons. The molecule has 1 atom stereocenters. The van der Waals surface area contributed by atoms with Crippen molar-refractivity contribution >= 4 is 39.9 Å². The molecule has 1 unspecified atom stereocenters. The number of oxime groups is 1. The largest absolute Gasteiger partial charge is 0.410 e. The van der Waals surface area contributed by atoms with E-state index in [1.165, 1.54) is 19.1 Å². The Morgan fingerprint density at radius 2 is 1.96 bits per heavy atom. The van der Waals surface area contributed by atoms with Gasteiger partial charge in [-0.25, -0.2) is 4.98 Å². The predicted octanol–water partition coefficient (Wildman–Crippen LogP) is 2.45. The number of nitrogens with one attached hydrogen (secondary N) is 2. The smallest absolute Gasteiger partial charge is 0.276 e. The molecule has 0 radical (unpaired) electrons. The topological polar surface area (TPSA) is 128 Å². The fraction of sp³-hybridized carbons (Fsp3) is 0.111. The van der Waals surface area contributed by atoms with E-state index in [2.05, 4.69) is 20.4 Å². The highest BCUT2D eigenvalue weighted by molar-refractivity contribution is 6.31. The minimum atomic E-state index is -1.40. The first-order valence-electron chi connectivity index (χ1n) is 7.86. The molecule has 2 aromatic carbocycles. The Morgan fingerprint density at radius 1 is 1.26 bits per heavy atom. The second-order valence-corrected chi connectivity index (χ2v) is 6.20. The normalized spacial score (nSPS) is 12.8. The Kier molecular flexibility index (Phi) is 5.20. The molecular formula is C18H15ClN4O4. The molecule has 3 rings (SSSR count). The van der Waals surface area contributed by atoms with E-state index in [4.69, 9.17) is 11.6 Å². The van der Waals surface area contributed by atoms with E-state index in [1.54, 1.807) is 30.3 Å². The number of anilines is 1. The number of halogens is 1. The lowest BCUT2D eigenvalue weighted by Gasteiger charge is -2.13. The maximum atomic E-state index is 12.3. The van der Waals surface area contributed by atoms with E-state index in [-0.39, 0.29) is 17.3 Å². The molecule has 1 amide bonds. The molecule has 0 saturated heterocycles. The number of aliphatic hydroxyl groups excluding tert-OH is 1. The lowest BCUT2D eigenvalue weighted by Crippen LogP contribution is -2.25. The monoisotopic (exact) mass is 386 g/mol. The average Bonchev–Trinajstić information content (AvgIpc) is 2.62. The minimum Gasteiger partial charge on any atom is -0.410 e. The van der Waals surface area contributed by atoms with Gasteiger partial charge in [0.25, 0.3) is 5.56 Å². The molecule has 1 heterocycles. The van der Waals surface area contributed by atoms with Gasteiger partial charge in [0.05, 0.1) is 11.0 Å². The van der Waals surface area contributed by atoms with Crippen LogP contribution in [-0.4, -0.2) is 31.9 Å². The minimum absolute atomic E-state index is 0.217. The summed E-state index contributed by atoms with van der Waals surface area (Å²) in [6.45, 7) is 1.38. The first kappa shape index (κ1) is 18.6. The zero-order valence-corrected chi connectivity index (χ0v) is 14.9. The van der Waals surface area contributed by atoms with Crippen molar-refractivity contribution in [1.29, 1.82) is 0 Å². The molecule has 9 heteroatoms. The third-order valence-corrected chi connectivity index (χ3v) is 4.05. The van der Waals surface area contributed by atoms with Crippen molar-refractivity contribution in [2.45, 2.75) is 13.0 Å². The van der Waals surface area contributed by atoms with Crippen LogP contribution in [0.2, 0.25) is 5.02 Å². The molecule has 1 aromatic heterocycles. The number of fused-ring (bicyclic) bond motifs is 1. The Labute approximate surface area is 158 Å². The fourth-order valence-electron chi connectivity index (χ4n) is 2.57. The van der Waals surface area contributed by atoms with Gasteiger partial charge in [-0.2, -0.15) is 0 Å². The van der Waals surface area contributed by atoms with Crippen LogP contribution in [0, 0.1) is 0 Å². The quantitative estimate of drug-likeness (QED) is 0.311. The predicted molar refractivity (Wildman–Crippen MR) is 101 cm³/mol. The first-order valence-corrected chi connectivity index (χ1v) is 8.24. The number of amides is 1. The summed E-state index contributed by atoms with van der Waals surface area (Å²) < 4.78 is 0. The average molecular weight is 387 g/mol. The van der Waals surface area contributed by atoms with Crippen molar-refractivity contribution in [2.75, 3.05) is 5.32 Å². The summed E-state index contributed by atoms with van der Waals surface area (Å²) in [5.74, 6) is -0.229. The van der Waals surface area contributed by atoms with Gasteiger partial charge in [-0.1, -0.05) is 28.9 Å². The van der Waals surface area contributed by atoms with Crippen LogP contribution in [0.25, 0.3) is 11.0 Å². The molecule has 0 bridgehead atoms. The highest BCUT2D eigenvalue weighted by Crippen LogP contribution is 2.21. The van der Waals surface area contributed by atoms with E-state index < -0.39 is 11.7 Å². The van der Waals surface area contributed by atoms with E-state index in [0.29, 0.717) is 27.3 Å². The summed E-state index contributed by atoms with van der Waals surface area (Å²) in [5.41, 5.74) is 0.581. The fourth-order valence-corrected chi connectivity index (χ4v) is 2.75. The van der Waals surface area contributed by atoms with Gasteiger partial charge in [0.1, 0.15) is 11.8 Å². The Balaban J connectivity index is 1.98. The van der Waals surface area contributed by atoms with Crippen LogP contribution in [0.5, 0.6) is 0 Å². The number of carbonyl (C=O) groups excluding carboxylic acids is 1. The molecule has 0 spiro atoms. The molecule has 0 aliphatic rings. The molecule has 27 heavy (non-hydrogen) atoms. The van der Waals surface area contributed by atoms with Gasteiger partial charge >= 0.3 is 0 Å². The van der Waals surface area contributed by atoms with Crippen LogP contribution in [0.3, 0.4) is 0 Å². The van der Waals surface area contributed by atoms with E-state index in [0.717, 1.165) is 0 Å². The third-order valence-electron chi connectivity index (χ3n) is 3.81. The maximum absolute atomic E-state index is 12.3. The number of hydrogen-bond acceptors (Lipinski definition) is 6. The van der Waals surface area contributed by atoms with Gasteiger partial charge in [-0.05, 0) is 35.9 Å². The zero-order valence-electron chi connectivity index (χ0n) is 14.1. The number of H-pyrrole nitrogens is 1. The Hall–Kier alpha value is -3.23. The van der Waals surface area contributed by atoms with Crippen molar-refractivity contribution < 1.29 is 15.1 Å². The Morgan fingerprint density at radius 3 is 2.59 bits per heavy atom. The summed E-state index contributed by atoms with van der Waals surface area (Å²) in [5, 5.41) is 26.1. The van der Waals surface area contributed by atoms with Gasteiger partial charge in [-0.15, -0.1) is 0 Å². The summed E-state index contributed by atoms with van der Waals surface area (Å²) in [6, 6.07) is 11.0. The SMILES string of the molecule is CC(=O)Nc1ccc(C(O)C(=NO)c2nc3ccc(Cl)cc3[nH]c2=O)cc1. The van der Waals surface area contributed by atoms with Gasteiger partial charge < -0.3 is 20.6 Å². The van der Waals surface area contributed by atoms with E-state index in [1.807, 2.05) is 0 Å². The number of benzene rings is 2. The number of aliphatic hydroxyl groups is 1. The number of nitrogens with zero attached hydrogens (tertiary/aromatic N) is 2. The van der Waals surface area contributed by atoms with Crippen LogP contribution in [0.4, 0.5) is 5.69 Å². The standard InChI is InChI=1S/C18H15ClN4O4/c1-9(24)20-12-5-2-10(3-6-12)17(25)15(23-27)16-18(26)22-14-8-11(19)4-7-13(14)21-16/h2-8,17,25,27H,1H3,(H,20,24)(H,22,26). The van der Waals surface area contributed by atoms with Crippen LogP contribution >= 0.6 is 11.6 Å². The molecule has 0 saturated carbocycles. The molecule has 0 aliphatic carbocycles. The number of hydrogen-bond donors (Lipinski definition) is 4. The van der Waals surface area contributed by atoms with Gasteiger partial charge in [-0.3, -0.25) is 9.59 Å². The van der Waals surface area contributed by atoms with Crippen LogP contribution in [0.1, 0.15) is 24.3 Å². The second kappa shape index (κ2) is 7.56. The third kappa shape index (κ3) is 3.97. The van der Waals surface area contributed by atoms with Gasteiger partial charge in [0.2, 0.25) is 5.91 Å². The highest BCUT2D eigenvalue weighted by atomic mass is 35.5. The van der Waals surface area contributed by atoms with Crippen molar-refractivity contribution in [3.8, 4) is 0 Å². The lowest BCUT2D eigenvalue weighted by atomic mass is 10.0. The van der Waals surface area contributed by atoms with Crippen molar-refractivity contribution in [3.05, 3.63) is 69.1 Å². The second-order valence-electron chi connectivity index (χ2n) is 5.77. The highest BCUT2D eigenvalue weighted by Gasteiger charge is 2.23. The lowest BCUT2D eigenvalue weighted by molar-refractivity contribution is -0.114. The molecular weight excluding hydrogens is 372 g/mol. The summed E-state index contributed by atoms with van der Waals surface area (Å²) >= 11 is 5.90. The van der Waals surface area contributed by atoms with Crippen LogP contribution < -0.4 is 10.9 Å². The summed E-state index contributed by atoms with van der Waals surface area (Å²) in [6.07, 6.45) is -1.40. The van der Waals surface area contributed by atoms with E-state index >= 15 is 0 Å². The maximum Gasteiger partial charge on any atom is 0.276 e. The van der Waals surface area contributed by atoms with Crippen molar-refractivity contribution in [3.63, 3.8) is 0 Å². The molecule has 3 aromatic rings. The molecule has 0 fully saturated rings. The van der Waals surface area contributed by atoms with Crippen LogP contribution in [0.15, 0.2) is 52.4 Å². The van der Waals surface area contributed by atoms with Crippen LogP contribution in [-0.2, 0) is 4.79 Å². The van der Waals surface area contributed by atoms with Crippen molar-refractivity contribution in [1.82, 2.24) is 9.97 Å². The number of rotatable bonds is 4. The molecule has 0 aliphatic heterocycles. The number of aromatic amines is 1. The van der Waals surface area contributed by atoms with Gasteiger partial charge in [0.15, 0.2) is 5.69 Å².